The van der Waals surface area contributed by atoms with Gasteiger partial charge in [0, 0.05) is 20.9 Å². The maximum atomic E-state index is 9.29. The molecule has 28 heavy (non-hydrogen) atoms. The predicted molar refractivity (Wildman–Crippen MR) is 131 cm³/mol. The summed E-state index contributed by atoms with van der Waals surface area (Å²) in [4.78, 5) is 0. The smallest absolute Gasteiger partial charge is 0.129 e. The molecule has 0 aromatic heterocycles. The molecule has 6 heteroatoms. The zero-order valence-electron chi connectivity index (χ0n) is 14.7. The Morgan fingerprint density at radius 3 is 2.50 bits per heavy atom. The molecule has 0 amide bonds. The summed E-state index contributed by atoms with van der Waals surface area (Å²) in [5.41, 5.74) is 4.55. The quantitative estimate of drug-likeness (QED) is 0.303. The molecule has 0 fully saturated rings. The van der Waals surface area contributed by atoms with Crippen molar-refractivity contribution in [1.29, 1.82) is 0 Å². The number of alkyl halides is 2. The maximum Gasteiger partial charge on any atom is 0.129 e. The second kappa shape index (κ2) is 8.23. The Morgan fingerprint density at radius 1 is 1.00 bits per heavy atom. The van der Waals surface area contributed by atoms with Gasteiger partial charge in [-0.2, -0.15) is 0 Å². The molecule has 0 saturated carbocycles. The Hall–Kier alpha value is -0.660. The van der Waals surface area contributed by atoms with Crippen LogP contribution in [0.4, 0.5) is 0 Å². The van der Waals surface area contributed by atoms with Crippen LogP contribution in [0.3, 0.4) is 0 Å². The molecular formula is C22H16Br4O2. The van der Waals surface area contributed by atoms with Crippen molar-refractivity contribution >= 4 is 80.6 Å². The van der Waals surface area contributed by atoms with Gasteiger partial charge in [-0.15, -0.1) is 0 Å². The van der Waals surface area contributed by atoms with Crippen LogP contribution >= 0.6 is 63.7 Å². The Balaban J connectivity index is 2.04. The van der Waals surface area contributed by atoms with Crippen LogP contribution in [0, 0.1) is 0 Å². The number of aliphatic hydroxyl groups excluding tert-OH is 1. The van der Waals surface area contributed by atoms with E-state index in [0.29, 0.717) is 0 Å². The Morgan fingerprint density at radius 2 is 1.75 bits per heavy atom. The van der Waals surface area contributed by atoms with Crippen molar-refractivity contribution in [3.8, 4) is 16.9 Å². The lowest BCUT2D eigenvalue weighted by atomic mass is 9.87. The number of fused-ring (bicyclic) bond motifs is 2. The highest BCUT2D eigenvalue weighted by Crippen LogP contribution is 2.47. The monoisotopic (exact) mass is 628 g/mol. The molecule has 144 valence electrons. The van der Waals surface area contributed by atoms with Gasteiger partial charge in [-0.25, -0.2) is 0 Å². The second-order valence-electron chi connectivity index (χ2n) is 6.61. The van der Waals surface area contributed by atoms with Crippen molar-refractivity contribution in [2.45, 2.75) is 9.65 Å². The van der Waals surface area contributed by atoms with E-state index < -0.39 is 0 Å². The summed E-state index contributed by atoms with van der Waals surface area (Å²) in [6.45, 7) is 0.218. The molecule has 4 rings (SSSR count). The van der Waals surface area contributed by atoms with Crippen LogP contribution < -0.4 is 4.74 Å². The van der Waals surface area contributed by atoms with Crippen LogP contribution in [0.2, 0.25) is 0 Å². The predicted octanol–water partition coefficient (Wildman–Crippen LogP) is 7.46. The highest BCUT2D eigenvalue weighted by molar-refractivity contribution is 9.25. The van der Waals surface area contributed by atoms with Gasteiger partial charge in [0.15, 0.2) is 0 Å². The molecule has 0 spiro atoms. The van der Waals surface area contributed by atoms with Crippen molar-refractivity contribution in [3.05, 3.63) is 68.6 Å². The molecule has 1 aliphatic carbocycles. The lowest BCUT2D eigenvalue weighted by Crippen LogP contribution is -2.16. The van der Waals surface area contributed by atoms with Gasteiger partial charge in [0.05, 0.1) is 6.61 Å². The van der Waals surface area contributed by atoms with Gasteiger partial charge in [-0.1, -0.05) is 106 Å². The first kappa shape index (κ1) is 20.6. The maximum absolute atomic E-state index is 9.29. The summed E-state index contributed by atoms with van der Waals surface area (Å²) in [6.07, 6.45) is 5.09. The summed E-state index contributed by atoms with van der Waals surface area (Å²) in [5, 5.41) is 11.5. The van der Waals surface area contributed by atoms with Gasteiger partial charge in [-0.05, 0) is 39.6 Å². The van der Waals surface area contributed by atoms with E-state index in [1.54, 1.807) is 0 Å². The van der Waals surface area contributed by atoms with E-state index in [-0.39, 0.29) is 16.4 Å². The molecule has 3 aromatic carbocycles. The number of aliphatic hydroxyl groups is 1. The molecule has 2 nitrogen and oxygen atoms in total. The highest BCUT2D eigenvalue weighted by atomic mass is 79.9. The molecule has 0 aliphatic heterocycles. The van der Waals surface area contributed by atoms with Gasteiger partial charge in [0.1, 0.15) is 15.6 Å². The van der Waals surface area contributed by atoms with Gasteiger partial charge in [-0.3, -0.25) is 0 Å². The number of allylic oxidation sites excluding steroid dienone is 1. The topological polar surface area (TPSA) is 29.5 Å². The van der Waals surface area contributed by atoms with Crippen molar-refractivity contribution in [2.75, 3.05) is 13.2 Å². The molecule has 0 atom stereocenters. The Bertz CT molecular complexity index is 1090. The first-order valence-corrected chi connectivity index (χ1v) is 11.9. The van der Waals surface area contributed by atoms with Crippen LogP contribution in [-0.4, -0.2) is 21.6 Å². The summed E-state index contributed by atoms with van der Waals surface area (Å²) in [5.74, 6) is 0.757. The zero-order chi connectivity index (χ0) is 19.9. The minimum absolute atomic E-state index is 0.0298. The number of hydrogen-bond acceptors (Lipinski definition) is 2. The fourth-order valence-corrected chi connectivity index (χ4v) is 5.45. The average Bonchev–Trinajstić information content (AvgIpc) is 2.67. The molecule has 0 bridgehead atoms. The number of ether oxygens (including phenoxy) is 1. The van der Waals surface area contributed by atoms with E-state index in [1.165, 1.54) is 11.1 Å². The van der Waals surface area contributed by atoms with Crippen LogP contribution in [0.5, 0.6) is 5.75 Å². The van der Waals surface area contributed by atoms with E-state index in [2.05, 4.69) is 100 Å². The van der Waals surface area contributed by atoms with E-state index in [0.717, 1.165) is 43.0 Å². The van der Waals surface area contributed by atoms with Gasteiger partial charge >= 0.3 is 0 Å². The molecule has 3 aromatic rings. The molecule has 0 heterocycles. The summed E-state index contributed by atoms with van der Waals surface area (Å²) < 4.78 is 7.77. The minimum Gasteiger partial charge on any atom is -0.490 e. The van der Waals surface area contributed by atoms with E-state index in [4.69, 9.17) is 4.74 Å². The van der Waals surface area contributed by atoms with Gasteiger partial charge < -0.3 is 9.84 Å². The van der Waals surface area contributed by atoms with Crippen LogP contribution in [0.15, 0.2) is 57.5 Å². The van der Waals surface area contributed by atoms with E-state index in [9.17, 15) is 5.11 Å². The van der Waals surface area contributed by atoms with E-state index in [1.807, 2.05) is 18.2 Å². The van der Waals surface area contributed by atoms with Gasteiger partial charge in [0.2, 0.25) is 0 Å². The van der Waals surface area contributed by atoms with Crippen molar-refractivity contribution in [3.63, 3.8) is 0 Å². The Kier molecular flexibility index (Phi) is 6.05. The summed E-state index contributed by atoms with van der Waals surface area (Å²) >= 11 is 14.8. The fraction of sp³-hybridized carbons (Fsp3) is 0.182. The standard InChI is InChI=1S/C22H16Br4O2/c23-18-6-5-16(13-7-8-22(25,26)12-17(13)18)21-15-4-2-1-3-14(15)19(24)11-20(21)28-10-9-27/h1-8,11,27H,9-10,12H2. The fourth-order valence-electron chi connectivity index (χ4n) is 3.58. The van der Waals surface area contributed by atoms with Gasteiger partial charge in [0.25, 0.3) is 0 Å². The Labute approximate surface area is 197 Å². The molecule has 1 N–H and O–H groups in total. The van der Waals surface area contributed by atoms with E-state index >= 15 is 0 Å². The third-order valence-electron chi connectivity index (χ3n) is 4.78. The largest absolute Gasteiger partial charge is 0.490 e. The molecule has 0 saturated heterocycles. The van der Waals surface area contributed by atoms with Crippen LogP contribution in [0.1, 0.15) is 11.1 Å². The van der Waals surface area contributed by atoms with Crippen molar-refractivity contribution < 1.29 is 9.84 Å². The first-order valence-electron chi connectivity index (χ1n) is 8.75. The second-order valence-corrected chi connectivity index (χ2v) is 12.2. The summed E-state index contributed by atoms with van der Waals surface area (Å²) in [6, 6.07) is 14.5. The normalized spacial score (nSPS) is 14.9. The van der Waals surface area contributed by atoms with Crippen molar-refractivity contribution in [2.24, 2.45) is 0 Å². The number of benzene rings is 3. The zero-order valence-corrected chi connectivity index (χ0v) is 21.0. The number of hydrogen-bond donors (Lipinski definition) is 1. The first-order chi connectivity index (χ1) is 13.4. The lowest BCUT2D eigenvalue weighted by Gasteiger charge is -2.26. The van der Waals surface area contributed by atoms with Crippen LogP contribution in [0.25, 0.3) is 28.0 Å². The molecule has 0 unspecified atom stereocenters. The summed E-state index contributed by atoms with van der Waals surface area (Å²) in [7, 11) is 0. The third kappa shape index (κ3) is 3.86. The average molecular weight is 632 g/mol. The third-order valence-corrected chi connectivity index (χ3v) is 7.27. The highest BCUT2D eigenvalue weighted by Gasteiger charge is 2.28. The number of rotatable bonds is 4. The minimum atomic E-state index is -0.244. The molecule has 0 radical (unpaired) electrons. The molecular weight excluding hydrogens is 616 g/mol. The number of halogens is 4. The lowest BCUT2D eigenvalue weighted by molar-refractivity contribution is 0.202. The van der Waals surface area contributed by atoms with Crippen molar-refractivity contribution in [1.82, 2.24) is 0 Å². The molecule has 1 aliphatic rings. The van der Waals surface area contributed by atoms with Crippen LogP contribution in [-0.2, 0) is 6.42 Å². The SMILES string of the molecule is OCCOc1cc(Br)c2ccccc2c1-c1ccc(Br)c2c1C=CC(Br)(Br)C2.